The van der Waals surface area contributed by atoms with Gasteiger partial charge in [-0.2, -0.15) is 0 Å². The van der Waals surface area contributed by atoms with Crippen LogP contribution < -0.4 is 10.6 Å². The molecule has 1 aliphatic heterocycles. The van der Waals surface area contributed by atoms with E-state index in [1.165, 1.54) is 0 Å². The van der Waals surface area contributed by atoms with Gasteiger partial charge in [0.2, 0.25) is 5.91 Å². The van der Waals surface area contributed by atoms with Gasteiger partial charge in [-0.05, 0) is 23.6 Å². The molecular weight excluding hydrogens is 282 g/mol. The lowest BCUT2D eigenvalue weighted by atomic mass is 10.2. The molecule has 1 fully saturated rings. The fourth-order valence-corrected chi connectivity index (χ4v) is 3.34. The van der Waals surface area contributed by atoms with Crippen LogP contribution in [0.1, 0.15) is 4.88 Å². The molecule has 0 unspecified atom stereocenters. The summed E-state index contributed by atoms with van der Waals surface area (Å²) >= 11 is 1.64. The lowest BCUT2D eigenvalue weighted by molar-refractivity contribution is -0.130. The van der Waals surface area contributed by atoms with Crippen LogP contribution in [0.5, 0.6) is 0 Å². The van der Waals surface area contributed by atoms with Gasteiger partial charge in [-0.25, -0.2) is 0 Å². The van der Waals surface area contributed by atoms with Crippen molar-refractivity contribution in [1.82, 2.24) is 4.90 Å². The normalized spacial score (nSPS) is 15.2. The van der Waals surface area contributed by atoms with Crippen LogP contribution >= 0.6 is 11.3 Å². The molecule has 0 aliphatic carbocycles. The number of amides is 1. The van der Waals surface area contributed by atoms with Gasteiger partial charge in [-0.3, -0.25) is 4.79 Å². The Kier molecular flexibility index (Phi) is 4.10. The van der Waals surface area contributed by atoms with Gasteiger partial charge in [0.1, 0.15) is 0 Å². The van der Waals surface area contributed by atoms with Crippen molar-refractivity contribution in [1.29, 1.82) is 0 Å². The number of para-hydroxylation sites is 2. The minimum Gasteiger partial charge on any atom is -0.397 e. The van der Waals surface area contributed by atoms with Gasteiger partial charge in [0.15, 0.2) is 0 Å². The number of carbonyl (C=O) groups is 1. The van der Waals surface area contributed by atoms with E-state index in [0.29, 0.717) is 6.42 Å². The third-order valence-electron chi connectivity index (χ3n) is 3.82. The second-order valence-corrected chi connectivity index (χ2v) is 6.22. The van der Waals surface area contributed by atoms with E-state index in [1.807, 2.05) is 46.7 Å². The average Bonchev–Trinajstić information content (AvgIpc) is 3.01. The standard InChI is InChI=1S/C16H19N3OS/c17-14-5-1-2-6-15(14)18-7-9-19(10-8-18)16(20)12-13-4-3-11-21-13/h1-6,11H,7-10,12,17H2. The Labute approximate surface area is 128 Å². The molecule has 1 amide bonds. The summed E-state index contributed by atoms with van der Waals surface area (Å²) in [6, 6.07) is 11.9. The second-order valence-electron chi connectivity index (χ2n) is 5.18. The van der Waals surface area contributed by atoms with Crippen LogP contribution in [-0.4, -0.2) is 37.0 Å². The zero-order valence-electron chi connectivity index (χ0n) is 11.9. The number of nitrogen functional groups attached to an aromatic ring is 1. The highest BCUT2D eigenvalue weighted by Crippen LogP contribution is 2.23. The molecule has 0 saturated carbocycles. The van der Waals surface area contributed by atoms with E-state index in [-0.39, 0.29) is 5.91 Å². The molecule has 1 aromatic carbocycles. The summed E-state index contributed by atoms with van der Waals surface area (Å²) in [7, 11) is 0. The smallest absolute Gasteiger partial charge is 0.227 e. The number of nitrogens with zero attached hydrogens (tertiary/aromatic N) is 2. The minimum absolute atomic E-state index is 0.220. The van der Waals surface area contributed by atoms with Crippen molar-refractivity contribution in [2.24, 2.45) is 0 Å². The first-order chi connectivity index (χ1) is 10.2. The first kappa shape index (κ1) is 13.9. The molecule has 3 rings (SSSR count). The summed E-state index contributed by atoms with van der Waals surface area (Å²) in [5, 5.41) is 2.01. The highest BCUT2D eigenvalue weighted by molar-refractivity contribution is 7.10. The molecule has 0 spiro atoms. The Balaban J connectivity index is 1.58. The average molecular weight is 301 g/mol. The molecule has 1 aliphatic rings. The van der Waals surface area contributed by atoms with Gasteiger partial charge in [0.25, 0.3) is 0 Å². The van der Waals surface area contributed by atoms with Crippen molar-refractivity contribution < 1.29 is 4.79 Å². The quantitative estimate of drug-likeness (QED) is 0.884. The van der Waals surface area contributed by atoms with Crippen molar-refractivity contribution in [3.63, 3.8) is 0 Å². The molecule has 21 heavy (non-hydrogen) atoms. The van der Waals surface area contributed by atoms with E-state index < -0.39 is 0 Å². The Hall–Kier alpha value is -2.01. The number of hydrogen-bond acceptors (Lipinski definition) is 4. The van der Waals surface area contributed by atoms with E-state index in [1.54, 1.807) is 11.3 Å². The lowest BCUT2D eigenvalue weighted by Crippen LogP contribution is -2.49. The minimum atomic E-state index is 0.220. The number of nitrogens with two attached hydrogens (primary N) is 1. The Morgan fingerprint density at radius 2 is 1.86 bits per heavy atom. The van der Waals surface area contributed by atoms with Gasteiger partial charge >= 0.3 is 0 Å². The van der Waals surface area contributed by atoms with Crippen molar-refractivity contribution >= 4 is 28.6 Å². The maximum Gasteiger partial charge on any atom is 0.227 e. The maximum absolute atomic E-state index is 12.3. The fraction of sp³-hybridized carbons (Fsp3) is 0.312. The SMILES string of the molecule is Nc1ccccc1N1CCN(C(=O)Cc2cccs2)CC1. The first-order valence-corrected chi connectivity index (χ1v) is 8.01. The van der Waals surface area contributed by atoms with Gasteiger partial charge in [-0.1, -0.05) is 18.2 Å². The molecule has 110 valence electrons. The largest absolute Gasteiger partial charge is 0.397 e. The molecule has 5 heteroatoms. The number of piperazine rings is 1. The molecule has 0 radical (unpaired) electrons. The van der Waals surface area contributed by atoms with Gasteiger partial charge in [0, 0.05) is 31.1 Å². The van der Waals surface area contributed by atoms with E-state index in [4.69, 9.17) is 5.73 Å². The molecule has 1 aromatic heterocycles. The number of benzene rings is 1. The zero-order chi connectivity index (χ0) is 14.7. The Bertz CT molecular complexity index is 604. The fourth-order valence-electron chi connectivity index (χ4n) is 2.65. The van der Waals surface area contributed by atoms with E-state index in [0.717, 1.165) is 42.4 Å². The number of carbonyl (C=O) groups excluding carboxylic acids is 1. The van der Waals surface area contributed by atoms with Crippen LogP contribution in [-0.2, 0) is 11.2 Å². The molecule has 2 N–H and O–H groups in total. The third kappa shape index (κ3) is 3.19. The van der Waals surface area contributed by atoms with E-state index >= 15 is 0 Å². The van der Waals surface area contributed by atoms with Crippen molar-refractivity contribution in [3.05, 3.63) is 46.7 Å². The Morgan fingerprint density at radius 1 is 1.10 bits per heavy atom. The summed E-state index contributed by atoms with van der Waals surface area (Å²) < 4.78 is 0. The van der Waals surface area contributed by atoms with Crippen LogP contribution in [0.4, 0.5) is 11.4 Å². The van der Waals surface area contributed by atoms with Crippen molar-refractivity contribution in [3.8, 4) is 0 Å². The topological polar surface area (TPSA) is 49.6 Å². The number of rotatable bonds is 3. The van der Waals surface area contributed by atoms with E-state index in [2.05, 4.69) is 4.90 Å². The molecule has 0 atom stereocenters. The van der Waals surface area contributed by atoms with Crippen LogP contribution in [0.25, 0.3) is 0 Å². The predicted molar refractivity (Wildman–Crippen MR) is 87.7 cm³/mol. The first-order valence-electron chi connectivity index (χ1n) is 7.13. The van der Waals surface area contributed by atoms with Crippen LogP contribution in [0.2, 0.25) is 0 Å². The van der Waals surface area contributed by atoms with Gasteiger partial charge < -0.3 is 15.5 Å². The molecular formula is C16H19N3OS. The lowest BCUT2D eigenvalue weighted by Gasteiger charge is -2.36. The van der Waals surface area contributed by atoms with Crippen molar-refractivity contribution in [2.75, 3.05) is 36.8 Å². The summed E-state index contributed by atoms with van der Waals surface area (Å²) in [5.74, 6) is 0.220. The third-order valence-corrected chi connectivity index (χ3v) is 4.69. The predicted octanol–water partition coefficient (Wildman–Crippen LogP) is 2.22. The van der Waals surface area contributed by atoms with Crippen LogP contribution in [0.15, 0.2) is 41.8 Å². The van der Waals surface area contributed by atoms with Gasteiger partial charge in [0.05, 0.1) is 17.8 Å². The number of hydrogen-bond donors (Lipinski definition) is 1. The number of thiophene rings is 1. The highest BCUT2D eigenvalue weighted by Gasteiger charge is 2.22. The van der Waals surface area contributed by atoms with Crippen LogP contribution in [0.3, 0.4) is 0 Å². The van der Waals surface area contributed by atoms with Crippen LogP contribution in [0, 0.1) is 0 Å². The zero-order valence-corrected chi connectivity index (χ0v) is 12.7. The molecule has 2 aromatic rings. The summed E-state index contributed by atoms with van der Waals surface area (Å²) in [6.45, 7) is 3.20. The summed E-state index contributed by atoms with van der Waals surface area (Å²) in [4.78, 5) is 17.6. The molecule has 0 bridgehead atoms. The van der Waals surface area contributed by atoms with E-state index in [9.17, 15) is 4.79 Å². The molecule has 4 nitrogen and oxygen atoms in total. The maximum atomic E-state index is 12.3. The molecule has 2 heterocycles. The Morgan fingerprint density at radius 3 is 2.52 bits per heavy atom. The monoisotopic (exact) mass is 301 g/mol. The molecule has 1 saturated heterocycles. The van der Waals surface area contributed by atoms with Crippen molar-refractivity contribution in [2.45, 2.75) is 6.42 Å². The highest BCUT2D eigenvalue weighted by atomic mass is 32.1. The summed E-state index contributed by atoms with van der Waals surface area (Å²) in [6.07, 6.45) is 0.519. The van der Waals surface area contributed by atoms with Gasteiger partial charge in [-0.15, -0.1) is 11.3 Å². The number of anilines is 2. The second kappa shape index (κ2) is 6.18. The summed E-state index contributed by atoms with van der Waals surface area (Å²) in [5.41, 5.74) is 7.89.